The van der Waals surface area contributed by atoms with Crippen LogP contribution in [0.1, 0.15) is 13.8 Å². The number of nitriles is 1. The summed E-state index contributed by atoms with van der Waals surface area (Å²) in [5, 5.41) is 8.29. The number of sulfone groups is 1. The van der Waals surface area contributed by atoms with E-state index in [0.717, 1.165) is 12.3 Å². The molecule has 0 spiro atoms. The van der Waals surface area contributed by atoms with E-state index in [4.69, 9.17) is 16.9 Å². The van der Waals surface area contributed by atoms with E-state index in [1.807, 2.05) is 0 Å². The standard InChI is InChI=1S/C7H10ClNO2S/c1-7(2,12(3,10)11)6(8)4-5-9/h4H,1-3H3. The second-order valence-electron chi connectivity index (χ2n) is 2.90. The molecule has 0 aromatic rings. The molecule has 0 saturated carbocycles. The maximum Gasteiger partial charge on any atom is 0.157 e. The zero-order valence-electron chi connectivity index (χ0n) is 7.13. The van der Waals surface area contributed by atoms with Crippen LogP contribution < -0.4 is 0 Å². The smallest absolute Gasteiger partial charge is 0.157 e. The Morgan fingerprint density at radius 2 is 2.00 bits per heavy atom. The summed E-state index contributed by atoms with van der Waals surface area (Å²) in [5.74, 6) is 0. The molecule has 0 aliphatic carbocycles. The highest BCUT2D eigenvalue weighted by atomic mass is 35.5. The molecular formula is C7H10ClNO2S. The van der Waals surface area contributed by atoms with Gasteiger partial charge in [0.25, 0.3) is 0 Å². The van der Waals surface area contributed by atoms with Gasteiger partial charge in [-0.05, 0) is 13.8 Å². The van der Waals surface area contributed by atoms with Crippen LogP contribution in [-0.2, 0) is 9.84 Å². The molecule has 0 aliphatic rings. The maximum atomic E-state index is 11.1. The fraction of sp³-hybridized carbons (Fsp3) is 0.571. The highest BCUT2D eigenvalue weighted by Gasteiger charge is 2.33. The fourth-order valence-corrected chi connectivity index (χ4v) is 1.29. The summed E-state index contributed by atoms with van der Waals surface area (Å²) < 4.78 is 21.1. The molecule has 0 unspecified atom stereocenters. The number of nitrogens with zero attached hydrogens (tertiary/aromatic N) is 1. The third kappa shape index (κ3) is 2.23. The third-order valence-corrected chi connectivity index (χ3v) is 4.46. The van der Waals surface area contributed by atoms with Crippen molar-refractivity contribution >= 4 is 21.4 Å². The zero-order valence-corrected chi connectivity index (χ0v) is 8.70. The molecule has 5 heteroatoms. The van der Waals surface area contributed by atoms with Crippen LogP contribution in [0, 0.1) is 11.3 Å². The Morgan fingerprint density at radius 1 is 1.58 bits per heavy atom. The molecule has 3 nitrogen and oxygen atoms in total. The van der Waals surface area contributed by atoms with Crippen molar-refractivity contribution in [1.29, 1.82) is 5.26 Å². The van der Waals surface area contributed by atoms with E-state index in [9.17, 15) is 8.42 Å². The second kappa shape index (κ2) is 3.46. The SMILES string of the molecule is CC(C)(C(Cl)=CC#N)S(C)(=O)=O. The summed E-state index contributed by atoms with van der Waals surface area (Å²) in [6.07, 6.45) is 2.11. The van der Waals surface area contributed by atoms with E-state index in [1.165, 1.54) is 13.8 Å². The van der Waals surface area contributed by atoms with E-state index in [-0.39, 0.29) is 5.03 Å². The fourth-order valence-electron chi connectivity index (χ4n) is 0.408. The Bertz CT molecular complexity index is 335. The predicted octanol–water partition coefficient (Wildman–Crippen LogP) is 1.46. The van der Waals surface area contributed by atoms with Gasteiger partial charge < -0.3 is 0 Å². The molecule has 0 N–H and O–H groups in total. The normalized spacial score (nSPS) is 14.1. The number of halogens is 1. The lowest BCUT2D eigenvalue weighted by Crippen LogP contribution is -2.31. The Balaban J connectivity index is 5.18. The molecule has 0 bridgehead atoms. The van der Waals surface area contributed by atoms with Crippen LogP contribution in [0.4, 0.5) is 0 Å². The summed E-state index contributed by atoms with van der Waals surface area (Å²) in [5.41, 5.74) is 0. The molecule has 0 aliphatic heterocycles. The van der Waals surface area contributed by atoms with Crippen LogP contribution in [0.3, 0.4) is 0 Å². The molecule has 0 amide bonds. The molecule has 0 aromatic carbocycles. The van der Waals surface area contributed by atoms with Crippen LogP contribution in [0.25, 0.3) is 0 Å². The molecule has 12 heavy (non-hydrogen) atoms. The molecule has 0 aromatic heterocycles. The number of rotatable bonds is 2. The van der Waals surface area contributed by atoms with Crippen molar-refractivity contribution in [3.63, 3.8) is 0 Å². The first-order valence-electron chi connectivity index (χ1n) is 3.19. The minimum atomic E-state index is -3.28. The van der Waals surface area contributed by atoms with Crippen molar-refractivity contribution in [3.05, 3.63) is 11.1 Å². The Kier molecular flexibility index (Phi) is 3.31. The molecule has 0 rings (SSSR count). The molecule has 0 radical (unpaired) electrons. The summed E-state index contributed by atoms with van der Waals surface area (Å²) >= 11 is 5.62. The lowest BCUT2D eigenvalue weighted by atomic mass is 10.2. The molecular weight excluding hydrogens is 198 g/mol. The quantitative estimate of drug-likeness (QED) is 0.644. The van der Waals surface area contributed by atoms with Gasteiger partial charge in [0.2, 0.25) is 0 Å². The second-order valence-corrected chi connectivity index (χ2v) is 5.88. The Labute approximate surface area is 77.6 Å². The molecule has 68 valence electrons. The van der Waals surface area contributed by atoms with Crippen molar-refractivity contribution in [2.45, 2.75) is 18.6 Å². The average molecular weight is 208 g/mol. The summed E-state index contributed by atoms with van der Waals surface area (Å²) in [6.45, 7) is 2.91. The lowest BCUT2D eigenvalue weighted by Gasteiger charge is -2.20. The van der Waals surface area contributed by atoms with Gasteiger partial charge >= 0.3 is 0 Å². The highest BCUT2D eigenvalue weighted by Crippen LogP contribution is 2.27. The van der Waals surface area contributed by atoms with E-state index in [2.05, 4.69) is 0 Å². The number of allylic oxidation sites excluding steroid dienone is 1. The van der Waals surface area contributed by atoms with E-state index in [1.54, 1.807) is 6.07 Å². The van der Waals surface area contributed by atoms with Crippen molar-refractivity contribution in [3.8, 4) is 6.07 Å². The zero-order chi connectivity index (χ0) is 9.99. The molecule has 0 fully saturated rings. The van der Waals surface area contributed by atoms with Crippen LogP contribution in [0.2, 0.25) is 0 Å². The van der Waals surface area contributed by atoms with Gasteiger partial charge in [0, 0.05) is 17.4 Å². The average Bonchev–Trinajstić information content (AvgIpc) is 1.85. The van der Waals surface area contributed by atoms with Gasteiger partial charge in [-0.2, -0.15) is 5.26 Å². The van der Waals surface area contributed by atoms with Gasteiger partial charge in [-0.1, -0.05) is 11.6 Å². The molecule has 0 atom stereocenters. The minimum Gasteiger partial charge on any atom is -0.228 e. The van der Waals surface area contributed by atoms with Gasteiger partial charge in [-0.15, -0.1) is 0 Å². The number of hydrogen-bond acceptors (Lipinski definition) is 3. The lowest BCUT2D eigenvalue weighted by molar-refractivity contribution is 0.577. The van der Waals surface area contributed by atoms with Gasteiger partial charge in [0.15, 0.2) is 9.84 Å². The predicted molar refractivity (Wildman–Crippen MR) is 48.5 cm³/mol. The maximum absolute atomic E-state index is 11.1. The molecule has 0 saturated heterocycles. The van der Waals surface area contributed by atoms with Gasteiger partial charge in [-0.3, -0.25) is 0 Å². The number of hydrogen-bond donors (Lipinski definition) is 0. The van der Waals surface area contributed by atoms with Crippen LogP contribution in [-0.4, -0.2) is 19.4 Å². The first-order valence-corrected chi connectivity index (χ1v) is 5.46. The van der Waals surface area contributed by atoms with E-state index < -0.39 is 14.6 Å². The van der Waals surface area contributed by atoms with Gasteiger partial charge in [-0.25, -0.2) is 8.42 Å². The van der Waals surface area contributed by atoms with E-state index in [0.29, 0.717) is 0 Å². The van der Waals surface area contributed by atoms with Crippen LogP contribution in [0.5, 0.6) is 0 Å². The first kappa shape index (κ1) is 11.5. The summed E-state index contributed by atoms with van der Waals surface area (Å²) in [7, 11) is -3.28. The Hall–Kier alpha value is -0.530. The summed E-state index contributed by atoms with van der Waals surface area (Å²) in [6, 6.07) is 1.69. The van der Waals surface area contributed by atoms with Crippen molar-refractivity contribution in [2.75, 3.05) is 6.26 Å². The van der Waals surface area contributed by atoms with Crippen molar-refractivity contribution in [2.24, 2.45) is 0 Å². The third-order valence-electron chi connectivity index (χ3n) is 1.69. The van der Waals surface area contributed by atoms with E-state index >= 15 is 0 Å². The Morgan fingerprint density at radius 3 is 2.25 bits per heavy atom. The van der Waals surface area contributed by atoms with Gasteiger partial charge in [0.05, 0.1) is 6.07 Å². The summed E-state index contributed by atoms with van der Waals surface area (Å²) in [4.78, 5) is 0. The minimum absolute atomic E-state index is 0.0347. The van der Waals surface area contributed by atoms with Crippen molar-refractivity contribution in [1.82, 2.24) is 0 Å². The largest absolute Gasteiger partial charge is 0.228 e. The first-order chi connectivity index (χ1) is 5.23. The monoisotopic (exact) mass is 207 g/mol. The van der Waals surface area contributed by atoms with Crippen molar-refractivity contribution < 1.29 is 8.42 Å². The highest BCUT2D eigenvalue weighted by molar-refractivity contribution is 7.92. The van der Waals surface area contributed by atoms with Crippen LogP contribution in [0.15, 0.2) is 11.1 Å². The van der Waals surface area contributed by atoms with Crippen LogP contribution >= 0.6 is 11.6 Å². The topological polar surface area (TPSA) is 57.9 Å². The molecule has 0 heterocycles. The van der Waals surface area contributed by atoms with Gasteiger partial charge in [0.1, 0.15) is 4.75 Å².